The molecule has 0 aliphatic rings. The Kier molecular flexibility index (Phi) is 9.68. The van der Waals surface area contributed by atoms with Crippen LogP contribution in [0.15, 0.2) is 12.8 Å². The maximum absolute atomic E-state index is 9.75. The minimum Gasteiger partial charge on any atom is -0.481 e. The van der Waals surface area contributed by atoms with Gasteiger partial charge in [0.1, 0.15) is 0 Å². The fraction of sp³-hybridized carbons (Fsp3) is 0.375. The summed E-state index contributed by atoms with van der Waals surface area (Å²) in [4.78, 5) is 29.0. The highest BCUT2D eigenvalue weighted by atomic mass is 16.5. The second-order valence-corrected chi connectivity index (χ2v) is 2.06. The van der Waals surface area contributed by atoms with Crippen LogP contribution in [-0.4, -0.2) is 28.1 Å². The zero-order chi connectivity index (χ0) is 11.6. The van der Waals surface area contributed by atoms with Crippen molar-refractivity contribution in [1.29, 1.82) is 0 Å². The number of aliphatic carboxylic acids is 2. The van der Waals surface area contributed by atoms with E-state index in [0.29, 0.717) is 0 Å². The summed E-state index contributed by atoms with van der Waals surface area (Å²) in [6.45, 7) is 4.48. The fourth-order valence-electron chi connectivity index (χ4n) is 0.331. The molecule has 0 atom stereocenters. The molecular weight excluding hydrogens is 192 g/mol. The van der Waals surface area contributed by atoms with Crippen LogP contribution in [0.3, 0.4) is 0 Å². The van der Waals surface area contributed by atoms with Gasteiger partial charge in [-0.05, 0) is 0 Å². The van der Waals surface area contributed by atoms with Gasteiger partial charge in [0, 0.05) is 6.92 Å². The van der Waals surface area contributed by atoms with Gasteiger partial charge in [0.05, 0.1) is 19.1 Å². The van der Waals surface area contributed by atoms with Crippen LogP contribution in [-0.2, 0) is 19.1 Å². The van der Waals surface area contributed by atoms with Gasteiger partial charge < -0.3 is 14.9 Å². The van der Waals surface area contributed by atoms with Gasteiger partial charge in [-0.3, -0.25) is 14.4 Å². The van der Waals surface area contributed by atoms with Gasteiger partial charge in [0.2, 0.25) is 0 Å². The van der Waals surface area contributed by atoms with E-state index >= 15 is 0 Å². The first-order valence-corrected chi connectivity index (χ1v) is 3.61. The van der Waals surface area contributed by atoms with Crippen molar-refractivity contribution in [3.8, 4) is 0 Å². The molecule has 0 saturated heterocycles. The molecule has 0 aromatic heterocycles. The van der Waals surface area contributed by atoms with Gasteiger partial charge >= 0.3 is 17.9 Å². The summed E-state index contributed by atoms with van der Waals surface area (Å²) in [6, 6.07) is 0. The predicted molar refractivity (Wildman–Crippen MR) is 46.5 cm³/mol. The van der Waals surface area contributed by atoms with Crippen molar-refractivity contribution in [2.45, 2.75) is 19.8 Å². The van der Waals surface area contributed by atoms with Crippen LogP contribution in [0.2, 0.25) is 0 Å². The molecule has 0 aliphatic heterocycles. The van der Waals surface area contributed by atoms with Crippen LogP contribution in [0, 0.1) is 0 Å². The van der Waals surface area contributed by atoms with E-state index in [1.54, 1.807) is 0 Å². The largest absolute Gasteiger partial charge is 0.481 e. The number of carboxylic acid groups (broad SMARTS) is 2. The second kappa shape index (κ2) is 9.24. The third kappa shape index (κ3) is 22.5. The van der Waals surface area contributed by atoms with Crippen molar-refractivity contribution in [2.75, 3.05) is 0 Å². The van der Waals surface area contributed by atoms with Gasteiger partial charge in [-0.15, -0.1) is 0 Å². The van der Waals surface area contributed by atoms with Crippen molar-refractivity contribution in [2.24, 2.45) is 0 Å². The number of carbonyl (C=O) groups excluding carboxylic acids is 1. The van der Waals surface area contributed by atoms with Gasteiger partial charge in [0.25, 0.3) is 0 Å². The smallest absolute Gasteiger partial charge is 0.307 e. The lowest BCUT2D eigenvalue weighted by Crippen LogP contribution is -2.00. The van der Waals surface area contributed by atoms with E-state index in [0.717, 1.165) is 6.26 Å². The minimum absolute atomic E-state index is 0.296. The Hall–Kier alpha value is -1.85. The first-order valence-electron chi connectivity index (χ1n) is 3.61. The molecule has 0 aromatic carbocycles. The summed E-state index contributed by atoms with van der Waals surface area (Å²) < 4.78 is 4.17. The summed E-state index contributed by atoms with van der Waals surface area (Å²) in [7, 11) is 0. The maximum Gasteiger partial charge on any atom is 0.307 e. The number of esters is 1. The molecular formula is C8H12O6. The second-order valence-electron chi connectivity index (χ2n) is 2.06. The predicted octanol–water partition coefficient (Wildman–Crippen LogP) is 0.629. The average Bonchev–Trinajstić information content (AvgIpc) is 2.01. The maximum atomic E-state index is 9.75. The third-order valence-corrected chi connectivity index (χ3v) is 0.802. The molecule has 0 bridgehead atoms. The average molecular weight is 204 g/mol. The molecule has 0 fully saturated rings. The Labute approximate surface area is 80.8 Å². The Morgan fingerprint density at radius 2 is 1.57 bits per heavy atom. The van der Waals surface area contributed by atoms with Gasteiger partial charge in [-0.1, -0.05) is 6.58 Å². The van der Waals surface area contributed by atoms with Crippen molar-refractivity contribution in [3.63, 3.8) is 0 Å². The highest BCUT2D eigenvalue weighted by Gasteiger charge is 2.00. The SMILES string of the molecule is C=COC(C)=O.O=C(O)CCC(=O)O. The van der Waals surface area contributed by atoms with E-state index in [9.17, 15) is 14.4 Å². The number of hydrogen-bond acceptors (Lipinski definition) is 4. The van der Waals surface area contributed by atoms with E-state index in [4.69, 9.17) is 10.2 Å². The number of carboxylic acids is 2. The molecule has 0 rings (SSSR count). The zero-order valence-electron chi connectivity index (χ0n) is 7.73. The zero-order valence-corrected chi connectivity index (χ0v) is 7.73. The minimum atomic E-state index is -1.08. The lowest BCUT2D eigenvalue weighted by molar-refractivity contribution is -0.143. The van der Waals surface area contributed by atoms with Crippen LogP contribution in [0.1, 0.15) is 19.8 Å². The summed E-state index contributed by atoms with van der Waals surface area (Å²) >= 11 is 0. The summed E-state index contributed by atoms with van der Waals surface area (Å²) in [5.74, 6) is -2.48. The summed E-state index contributed by atoms with van der Waals surface area (Å²) in [6.07, 6.45) is 0.507. The van der Waals surface area contributed by atoms with E-state index in [2.05, 4.69) is 11.3 Å². The molecule has 0 spiro atoms. The van der Waals surface area contributed by atoms with E-state index < -0.39 is 11.9 Å². The third-order valence-electron chi connectivity index (χ3n) is 0.802. The monoisotopic (exact) mass is 204 g/mol. The van der Waals surface area contributed by atoms with Gasteiger partial charge in [-0.2, -0.15) is 0 Å². The molecule has 0 amide bonds. The molecule has 0 heterocycles. The van der Waals surface area contributed by atoms with Crippen LogP contribution in [0.4, 0.5) is 0 Å². The molecule has 0 radical (unpaired) electrons. The Morgan fingerprint density at radius 3 is 1.64 bits per heavy atom. The topological polar surface area (TPSA) is 101 Å². The normalized spacial score (nSPS) is 7.79. The van der Waals surface area contributed by atoms with Gasteiger partial charge in [0.15, 0.2) is 0 Å². The number of carbonyl (C=O) groups is 3. The van der Waals surface area contributed by atoms with Crippen LogP contribution in [0.25, 0.3) is 0 Å². The quantitative estimate of drug-likeness (QED) is 0.514. The van der Waals surface area contributed by atoms with Gasteiger partial charge in [-0.25, -0.2) is 0 Å². The Balaban J connectivity index is 0. The highest BCUT2D eigenvalue weighted by molar-refractivity contribution is 5.75. The highest BCUT2D eigenvalue weighted by Crippen LogP contribution is 1.86. The van der Waals surface area contributed by atoms with Crippen molar-refractivity contribution >= 4 is 17.9 Å². The lowest BCUT2D eigenvalue weighted by Gasteiger charge is -1.85. The van der Waals surface area contributed by atoms with Crippen molar-refractivity contribution < 1.29 is 29.3 Å². The van der Waals surface area contributed by atoms with E-state index in [1.807, 2.05) is 0 Å². The molecule has 2 N–H and O–H groups in total. The lowest BCUT2D eigenvalue weighted by atomic mass is 10.3. The van der Waals surface area contributed by atoms with E-state index in [-0.39, 0.29) is 18.8 Å². The molecule has 0 unspecified atom stereocenters. The van der Waals surface area contributed by atoms with Crippen molar-refractivity contribution in [3.05, 3.63) is 12.8 Å². The number of rotatable bonds is 4. The first-order chi connectivity index (χ1) is 6.40. The Morgan fingerprint density at radius 1 is 1.21 bits per heavy atom. The molecule has 0 aliphatic carbocycles. The van der Waals surface area contributed by atoms with Crippen LogP contribution in [0.5, 0.6) is 0 Å². The first kappa shape index (κ1) is 14.7. The molecule has 6 heteroatoms. The summed E-state index contributed by atoms with van der Waals surface area (Å²) in [5.41, 5.74) is 0. The number of hydrogen-bond donors (Lipinski definition) is 2. The molecule has 6 nitrogen and oxygen atoms in total. The molecule has 80 valence electrons. The fourth-order valence-corrected chi connectivity index (χ4v) is 0.331. The molecule has 0 saturated carbocycles. The van der Waals surface area contributed by atoms with E-state index in [1.165, 1.54) is 6.92 Å². The van der Waals surface area contributed by atoms with Crippen molar-refractivity contribution in [1.82, 2.24) is 0 Å². The van der Waals surface area contributed by atoms with Crippen LogP contribution < -0.4 is 0 Å². The number of ether oxygens (including phenoxy) is 1. The molecule has 14 heavy (non-hydrogen) atoms. The standard InChI is InChI=1S/C4H6O4.C4H6O2/c5-3(6)1-2-4(7)8;1-3-6-4(2)5/h1-2H2,(H,5,6)(H,7,8);3H,1H2,2H3. The summed E-state index contributed by atoms with van der Waals surface area (Å²) in [5, 5.41) is 15.8. The molecule has 0 aromatic rings. The Bertz CT molecular complexity index is 206. The van der Waals surface area contributed by atoms with Crippen LogP contribution >= 0.6 is 0 Å².